The van der Waals surface area contributed by atoms with E-state index >= 15 is 0 Å². The van der Waals surface area contributed by atoms with Gasteiger partial charge in [-0.1, -0.05) is 18.2 Å². The van der Waals surface area contributed by atoms with Crippen molar-refractivity contribution in [2.75, 3.05) is 40.8 Å². The largest absolute Gasteiger partial charge is 0.496 e. The number of para-hydroxylation sites is 1. The molecule has 3 atom stereocenters. The number of fused-ring (bicyclic) bond motifs is 2. The highest BCUT2D eigenvalue weighted by Crippen LogP contribution is 2.49. The van der Waals surface area contributed by atoms with Crippen LogP contribution in [-0.4, -0.2) is 74.9 Å². The van der Waals surface area contributed by atoms with Gasteiger partial charge < -0.3 is 4.74 Å². The molecule has 4 aliphatic rings. The van der Waals surface area contributed by atoms with E-state index in [1.165, 1.54) is 4.31 Å². The molecule has 7 heteroatoms. The van der Waals surface area contributed by atoms with Crippen molar-refractivity contribution in [3.63, 3.8) is 0 Å². The van der Waals surface area contributed by atoms with Crippen molar-refractivity contribution >= 4 is 10.2 Å². The van der Waals surface area contributed by atoms with E-state index in [2.05, 4.69) is 11.0 Å². The van der Waals surface area contributed by atoms with Crippen molar-refractivity contribution in [2.45, 2.75) is 30.8 Å². The molecule has 0 saturated carbocycles. The van der Waals surface area contributed by atoms with E-state index in [-0.39, 0.29) is 18.0 Å². The summed E-state index contributed by atoms with van der Waals surface area (Å²) >= 11 is 0. The fraction of sp³-hybridized carbons (Fsp3) is 0.667. The van der Waals surface area contributed by atoms with Gasteiger partial charge in [0, 0.05) is 44.2 Å². The first-order valence-electron chi connectivity index (χ1n) is 9.01. The van der Waals surface area contributed by atoms with Crippen molar-refractivity contribution in [1.82, 2.24) is 13.5 Å². The zero-order valence-electron chi connectivity index (χ0n) is 15.1. The molecule has 0 unspecified atom stereocenters. The van der Waals surface area contributed by atoms with Gasteiger partial charge >= 0.3 is 0 Å². The Morgan fingerprint density at radius 1 is 1.12 bits per heavy atom. The first-order chi connectivity index (χ1) is 11.9. The summed E-state index contributed by atoms with van der Waals surface area (Å²) in [6.07, 6.45) is 2.19. The summed E-state index contributed by atoms with van der Waals surface area (Å²) in [4.78, 5) is 2.51. The van der Waals surface area contributed by atoms with Crippen molar-refractivity contribution in [3.8, 4) is 5.75 Å². The summed E-state index contributed by atoms with van der Waals surface area (Å²) in [5, 5.41) is 0. The predicted octanol–water partition coefficient (Wildman–Crippen LogP) is 1.36. The summed E-state index contributed by atoms with van der Waals surface area (Å²) in [5.74, 6) is 1.47. The van der Waals surface area contributed by atoms with Gasteiger partial charge in [0.15, 0.2) is 0 Å². The Balaban J connectivity index is 1.79. The van der Waals surface area contributed by atoms with Crippen LogP contribution >= 0.6 is 0 Å². The monoisotopic (exact) mass is 365 g/mol. The molecule has 4 aliphatic heterocycles. The van der Waals surface area contributed by atoms with Gasteiger partial charge in [0.2, 0.25) is 0 Å². The van der Waals surface area contributed by atoms with Crippen molar-refractivity contribution in [1.29, 1.82) is 0 Å². The van der Waals surface area contributed by atoms with Crippen LogP contribution in [0.3, 0.4) is 0 Å². The third-order valence-corrected chi connectivity index (χ3v) is 8.15. The molecule has 1 aromatic rings. The van der Waals surface area contributed by atoms with Gasteiger partial charge in [-0.15, -0.1) is 0 Å². The van der Waals surface area contributed by atoms with Crippen LogP contribution in [0.25, 0.3) is 0 Å². The topological polar surface area (TPSA) is 53.1 Å². The number of nitrogens with zero attached hydrogens (tertiary/aromatic N) is 3. The molecule has 0 spiro atoms. The van der Waals surface area contributed by atoms with E-state index in [1.807, 2.05) is 18.2 Å². The lowest BCUT2D eigenvalue weighted by Crippen LogP contribution is -2.61. The van der Waals surface area contributed by atoms with Crippen molar-refractivity contribution < 1.29 is 13.2 Å². The van der Waals surface area contributed by atoms with Crippen LogP contribution in [0, 0.1) is 5.92 Å². The Labute approximate surface area is 150 Å². The maximum atomic E-state index is 13.0. The quantitative estimate of drug-likeness (QED) is 0.809. The molecule has 4 heterocycles. The molecular weight excluding hydrogens is 338 g/mol. The van der Waals surface area contributed by atoms with Gasteiger partial charge in [-0.2, -0.15) is 17.0 Å². The van der Waals surface area contributed by atoms with Crippen LogP contribution in [0.2, 0.25) is 0 Å². The Morgan fingerprint density at radius 2 is 1.80 bits per heavy atom. The fourth-order valence-corrected chi connectivity index (χ4v) is 6.46. The molecule has 4 saturated heterocycles. The number of rotatable bonds is 4. The lowest BCUT2D eigenvalue weighted by Gasteiger charge is -2.51. The first-order valence-corrected chi connectivity index (χ1v) is 10.4. The Bertz CT molecular complexity index is 744. The summed E-state index contributed by atoms with van der Waals surface area (Å²) in [5.41, 5.74) is 1.13. The zero-order chi connectivity index (χ0) is 17.8. The van der Waals surface area contributed by atoms with Crippen LogP contribution in [0.4, 0.5) is 0 Å². The number of methoxy groups -OCH3 is 1. The zero-order valence-corrected chi connectivity index (χ0v) is 15.9. The van der Waals surface area contributed by atoms with Gasteiger partial charge in [-0.05, 0) is 37.9 Å². The number of hydrogen-bond acceptors (Lipinski definition) is 4. The average Bonchev–Trinajstić information content (AvgIpc) is 3.06. The molecule has 0 N–H and O–H groups in total. The standard InChI is InChI=1S/C18H27N3O3S/c1-19(2)25(22,23)21-12-15(14-6-4-5-7-16(14)24-3)18-17(21)13-8-10-20(18)11-9-13/h4-7,13,15,17-18H,8-12H2,1-3H3/t15-,17+,18+/m0/s1. The normalized spacial score (nSPS) is 35.1. The Morgan fingerprint density at radius 3 is 2.44 bits per heavy atom. The summed E-state index contributed by atoms with van der Waals surface area (Å²) in [7, 11) is 1.51. The van der Waals surface area contributed by atoms with Crippen molar-refractivity contribution in [2.24, 2.45) is 5.92 Å². The van der Waals surface area contributed by atoms with Crippen LogP contribution < -0.4 is 4.74 Å². The van der Waals surface area contributed by atoms with Gasteiger partial charge in [0.05, 0.1) is 7.11 Å². The van der Waals surface area contributed by atoms with E-state index in [0.717, 1.165) is 37.2 Å². The van der Waals surface area contributed by atoms with Crippen LogP contribution in [-0.2, 0) is 10.2 Å². The molecule has 2 bridgehead atoms. The Kier molecular flexibility index (Phi) is 4.30. The number of piperidine rings is 3. The van der Waals surface area contributed by atoms with E-state index < -0.39 is 10.2 Å². The molecule has 0 aromatic heterocycles. The van der Waals surface area contributed by atoms with E-state index in [4.69, 9.17) is 4.74 Å². The van der Waals surface area contributed by atoms with E-state index in [1.54, 1.807) is 25.5 Å². The molecule has 0 aliphatic carbocycles. The van der Waals surface area contributed by atoms with Crippen LogP contribution in [0.15, 0.2) is 24.3 Å². The fourth-order valence-electron chi connectivity index (χ4n) is 5.09. The predicted molar refractivity (Wildman–Crippen MR) is 96.9 cm³/mol. The molecule has 1 aromatic carbocycles. The highest BCUT2D eigenvalue weighted by molar-refractivity contribution is 7.86. The second-order valence-corrected chi connectivity index (χ2v) is 9.66. The second kappa shape index (κ2) is 6.23. The molecule has 6 nitrogen and oxygen atoms in total. The Hall–Kier alpha value is -1.15. The smallest absolute Gasteiger partial charge is 0.281 e. The summed E-state index contributed by atoms with van der Waals surface area (Å²) < 4.78 is 34.7. The number of hydrogen-bond donors (Lipinski definition) is 0. The SMILES string of the molecule is COc1ccccc1[C@@H]1CN(S(=O)(=O)N(C)C)[C@@H]2C3CCN(CC3)[C@@H]21. The lowest BCUT2D eigenvalue weighted by atomic mass is 9.75. The van der Waals surface area contributed by atoms with E-state index in [0.29, 0.717) is 12.5 Å². The minimum Gasteiger partial charge on any atom is -0.496 e. The van der Waals surface area contributed by atoms with Gasteiger partial charge in [0.25, 0.3) is 10.2 Å². The minimum absolute atomic E-state index is 0.0739. The molecule has 5 rings (SSSR count). The van der Waals surface area contributed by atoms with Gasteiger partial charge in [-0.25, -0.2) is 0 Å². The summed E-state index contributed by atoms with van der Waals surface area (Å²) in [6, 6.07) is 8.38. The lowest BCUT2D eigenvalue weighted by molar-refractivity contribution is 0.0113. The van der Waals surface area contributed by atoms with Crippen LogP contribution in [0.5, 0.6) is 5.75 Å². The van der Waals surface area contributed by atoms with E-state index in [9.17, 15) is 8.42 Å². The highest BCUT2D eigenvalue weighted by atomic mass is 32.2. The van der Waals surface area contributed by atoms with Gasteiger partial charge in [-0.3, -0.25) is 4.90 Å². The third-order valence-electron chi connectivity index (χ3n) is 6.25. The molecule has 0 amide bonds. The second-order valence-electron chi connectivity index (χ2n) is 7.56. The molecule has 4 fully saturated rings. The number of benzene rings is 1. The number of ether oxygens (including phenoxy) is 1. The minimum atomic E-state index is -3.43. The maximum absolute atomic E-state index is 13.0. The average molecular weight is 365 g/mol. The summed E-state index contributed by atoms with van der Waals surface area (Å²) in [6.45, 7) is 2.68. The maximum Gasteiger partial charge on any atom is 0.281 e. The third kappa shape index (κ3) is 2.60. The van der Waals surface area contributed by atoms with Crippen LogP contribution in [0.1, 0.15) is 24.3 Å². The highest BCUT2D eigenvalue weighted by Gasteiger charge is 2.57. The first kappa shape index (κ1) is 17.3. The van der Waals surface area contributed by atoms with Crippen molar-refractivity contribution in [3.05, 3.63) is 29.8 Å². The molecular formula is C18H27N3O3S. The molecule has 25 heavy (non-hydrogen) atoms. The van der Waals surface area contributed by atoms with Gasteiger partial charge in [0.1, 0.15) is 5.75 Å². The molecule has 0 radical (unpaired) electrons. The molecule has 138 valence electrons.